The van der Waals surface area contributed by atoms with Gasteiger partial charge >= 0.3 is 0 Å². The molecule has 1 heterocycles. The Labute approximate surface area is 134 Å². The summed E-state index contributed by atoms with van der Waals surface area (Å²) in [5.41, 5.74) is 0.380. The van der Waals surface area contributed by atoms with Gasteiger partial charge in [0, 0.05) is 4.88 Å². The number of nitrogens with zero attached hydrogens (tertiary/aromatic N) is 2. The van der Waals surface area contributed by atoms with Gasteiger partial charge in [0.05, 0.1) is 27.8 Å². The maximum absolute atomic E-state index is 12.5. The molecule has 7 heteroatoms. The lowest BCUT2D eigenvalue weighted by atomic mass is 10.1. The Morgan fingerprint density at radius 2 is 2.00 bits per heavy atom. The lowest BCUT2D eigenvalue weighted by Gasteiger charge is -2.23. The Hall–Kier alpha value is -1.75. The average Bonchev–Trinajstić information content (AvgIpc) is 2.79. The molecule has 0 fully saturated rings. The minimum atomic E-state index is -3.74. The molecule has 0 saturated heterocycles. The lowest BCUT2D eigenvalue weighted by molar-refractivity contribution is 0.469. The van der Waals surface area contributed by atoms with E-state index in [1.54, 1.807) is 26.0 Å². The highest BCUT2D eigenvalue weighted by Crippen LogP contribution is 2.29. The van der Waals surface area contributed by atoms with E-state index in [2.05, 4.69) is 9.71 Å². The zero-order chi connectivity index (χ0) is 16.5. The summed E-state index contributed by atoms with van der Waals surface area (Å²) in [7, 11) is -3.74. The minimum absolute atomic E-state index is 0.0737. The summed E-state index contributed by atoms with van der Waals surface area (Å²) in [5, 5.41) is 9.61. The van der Waals surface area contributed by atoms with E-state index in [4.69, 9.17) is 5.26 Å². The molecule has 1 aromatic heterocycles. The van der Waals surface area contributed by atoms with Crippen LogP contribution in [0.15, 0.2) is 29.2 Å². The molecule has 22 heavy (non-hydrogen) atoms. The van der Waals surface area contributed by atoms with E-state index in [1.807, 2.05) is 19.9 Å². The average molecular weight is 335 g/mol. The van der Waals surface area contributed by atoms with Crippen LogP contribution in [0.4, 0.5) is 0 Å². The highest BCUT2D eigenvalue weighted by Gasteiger charge is 2.31. The van der Waals surface area contributed by atoms with Crippen LogP contribution in [0, 0.1) is 25.2 Å². The molecule has 1 N–H and O–H groups in total. The van der Waals surface area contributed by atoms with Crippen molar-refractivity contribution >= 4 is 21.4 Å². The second-order valence-corrected chi connectivity index (χ2v) is 8.42. The van der Waals surface area contributed by atoms with Gasteiger partial charge in [0.25, 0.3) is 0 Å². The van der Waals surface area contributed by atoms with Crippen molar-refractivity contribution in [2.75, 3.05) is 0 Å². The summed E-state index contributed by atoms with van der Waals surface area (Å²) in [4.78, 5) is 5.57. The van der Waals surface area contributed by atoms with Gasteiger partial charge in [-0.05, 0) is 45.9 Å². The second kappa shape index (κ2) is 5.80. The van der Waals surface area contributed by atoms with Gasteiger partial charge in [-0.3, -0.25) is 0 Å². The van der Waals surface area contributed by atoms with Gasteiger partial charge in [-0.15, -0.1) is 11.3 Å². The van der Waals surface area contributed by atoms with E-state index in [9.17, 15) is 8.42 Å². The molecule has 0 amide bonds. The molecule has 0 atom stereocenters. The molecule has 0 aliphatic rings. The Morgan fingerprint density at radius 1 is 1.32 bits per heavy atom. The van der Waals surface area contributed by atoms with Crippen LogP contribution >= 0.6 is 11.3 Å². The molecule has 0 radical (unpaired) electrons. The van der Waals surface area contributed by atoms with Crippen LogP contribution in [0.5, 0.6) is 0 Å². The van der Waals surface area contributed by atoms with Crippen LogP contribution in [0.1, 0.15) is 35.0 Å². The van der Waals surface area contributed by atoms with Crippen molar-refractivity contribution < 1.29 is 8.42 Å². The fourth-order valence-corrected chi connectivity index (χ4v) is 4.37. The van der Waals surface area contributed by atoms with E-state index >= 15 is 0 Å². The highest BCUT2D eigenvalue weighted by atomic mass is 32.2. The van der Waals surface area contributed by atoms with Gasteiger partial charge < -0.3 is 0 Å². The second-order valence-electron chi connectivity index (χ2n) is 5.53. The summed E-state index contributed by atoms with van der Waals surface area (Å²) in [6, 6.07) is 7.89. The zero-order valence-electron chi connectivity index (χ0n) is 12.8. The van der Waals surface area contributed by atoms with E-state index in [1.165, 1.54) is 23.5 Å². The summed E-state index contributed by atoms with van der Waals surface area (Å²) in [6.45, 7) is 7.40. The van der Waals surface area contributed by atoms with Gasteiger partial charge in [0.2, 0.25) is 10.0 Å². The fourth-order valence-electron chi connectivity index (χ4n) is 1.91. The quantitative estimate of drug-likeness (QED) is 0.931. The predicted octanol–water partition coefficient (Wildman–Crippen LogP) is 2.85. The number of aromatic nitrogens is 1. The van der Waals surface area contributed by atoms with Crippen LogP contribution in [0.2, 0.25) is 0 Å². The number of thiazole rings is 1. The predicted molar refractivity (Wildman–Crippen MR) is 86.1 cm³/mol. The lowest BCUT2D eigenvalue weighted by Crippen LogP contribution is -2.40. The first-order valence-electron chi connectivity index (χ1n) is 6.64. The van der Waals surface area contributed by atoms with Crippen molar-refractivity contribution in [1.82, 2.24) is 9.71 Å². The monoisotopic (exact) mass is 335 g/mol. The maximum atomic E-state index is 12.5. The number of nitriles is 1. The zero-order valence-corrected chi connectivity index (χ0v) is 14.5. The molecule has 0 aliphatic carbocycles. The van der Waals surface area contributed by atoms with Gasteiger partial charge in [0.1, 0.15) is 5.01 Å². The number of sulfonamides is 1. The van der Waals surface area contributed by atoms with Crippen molar-refractivity contribution in [1.29, 1.82) is 5.26 Å². The molecule has 116 valence electrons. The van der Waals surface area contributed by atoms with Crippen LogP contribution in [-0.4, -0.2) is 13.4 Å². The van der Waals surface area contributed by atoms with Crippen molar-refractivity contribution in [3.05, 3.63) is 45.4 Å². The van der Waals surface area contributed by atoms with Crippen LogP contribution < -0.4 is 4.72 Å². The summed E-state index contributed by atoms with van der Waals surface area (Å²) in [5.74, 6) is 0. The van der Waals surface area contributed by atoms with Gasteiger partial charge in [-0.2, -0.15) is 9.98 Å². The van der Waals surface area contributed by atoms with Crippen LogP contribution in [0.3, 0.4) is 0 Å². The Balaban J connectivity index is 2.36. The molecule has 2 rings (SSSR count). The number of hydrogen-bond donors (Lipinski definition) is 1. The van der Waals surface area contributed by atoms with Crippen molar-refractivity contribution in [2.24, 2.45) is 0 Å². The SMILES string of the molecule is Cc1nc(C(C)(C)NS(=O)(=O)c2cccc(C#N)c2)sc1C. The normalized spacial score (nSPS) is 12.1. The largest absolute Gasteiger partial charge is 0.244 e. The Morgan fingerprint density at radius 3 is 2.55 bits per heavy atom. The number of hydrogen-bond acceptors (Lipinski definition) is 5. The van der Waals surface area contributed by atoms with Gasteiger partial charge in [-0.25, -0.2) is 13.4 Å². The number of rotatable bonds is 4. The first-order valence-corrected chi connectivity index (χ1v) is 8.94. The number of aryl methyl sites for hydroxylation is 2. The first kappa shape index (κ1) is 16.6. The fraction of sp³-hybridized carbons (Fsp3) is 0.333. The molecule has 0 saturated carbocycles. The summed E-state index contributed by atoms with van der Waals surface area (Å²) in [6.07, 6.45) is 0. The summed E-state index contributed by atoms with van der Waals surface area (Å²) < 4.78 is 27.7. The minimum Gasteiger partial charge on any atom is -0.244 e. The first-order chi connectivity index (χ1) is 10.2. The van der Waals surface area contributed by atoms with Crippen LogP contribution in [0.25, 0.3) is 0 Å². The number of benzene rings is 1. The molecular weight excluding hydrogens is 318 g/mol. The van der Waals surface area contributed by atoms with E-state index in [0.29, 0.717) is 10.6 Å². The third-order valence-corrected chi connectivity index (χ3v) is 6.28. The van der Waals surface area contributed by atoms with Crippen molar-refractivity contribution in [2.45, 2.75) is 38.1 Å². The maximum Gasteiger partial charge on any atom is 0.241 e. The van der Waals surface area contributed by atoms with Gasteiger partial charge in [-0.1, -0.05) is 6.07 Å². The van der Waals surface area contributed by atoms with Gasteiger partial charge in [0.15, 0.2) is 0 Å². The third-order valence-electron chi connectivity index (χ3n) is 3.23. The third kappa shape index (κ3) is 3.35. The Kier molecular flexibility index (Phi) is 4.38. The molecule has 5 nitrogen and oxygen atoms in total. The molecule has 0 bridgehead atoms. The highest BCUT2D eigenvalue weighted by molar-refractivity contribution is 7.89. The van der Waals surface area contributed by atoms with Crippen molar-refractivity contribution in [3.63, 3.8) is 0 Å². The molecule has 2 aromatic rings. The van der Waals surface area contributed by atoms with Crippen LogP contribution in [-0.2, 0) is 15.6 Å². The topological polar surface area (TPSA) is 82.8 Å². The summed E-state index contributed by atoms with van der Waals surface area (Å²) >= 11 is 1.47. The van der Waals surface area contributed by atoms with E-state index in [-0.39, 0.29) is 4.90 Å². The molecule has 0 unspecified atom stereocenters. The standard InChI is InChI=1S/C15H17N3O2S2/c1-10-11(2)21-14(17-10)15(3,4)18-22(19,20)13-7-5-6-12(8-13)9-16/h5-8,18H,1-4H3. The molecule has 1 aromatic carbocycles. The molecule has 0 spiro atoms. The number of nitrogens with one attached hydrogen (secondary N) is 1. The smallest absolute Gasteiger partial charge is 0.241 e. The van der Waals surface area contributed by atoms with E-state index < -0.39 is 15.6 Å². The molecule has 0 aliphatic heterocycles. The Bertz CT molecular complexity index is 826. The molecular formula is C15H17N3O2S2. The van der Waals surface area contributed by atoms with E-state index in [0.717, 1.165) is 10.6 Å². The van der Waals surface area contributed by atoms with Crippen molar-refractivity contribution in [3.8, 4) is 6.07 Å².